The van der Waals surface area contributed by atoms with E-state index < -0.39 is 5.97 Å². The third-order valence-corrected chi connectivity index (χ3v) is 1.14. The zero-order chi connectivity index (χ0) is 9.40. The fourth-order valence-corrected chi connectivity index (χ4v) is 0.501. The van der Waals surface area contributed by atoms with Gasteiger partial charge >= 0.3 is 5.97 Å². The third-order valence-electron chi connectivity index (χ3n) is 1.14. The van der Waals surface area contributed by atoms with Crippen LogP contribution in [0.1, 0.15) is 6.92 Å². The number of carboxylic acids is 1. The van der Waals surface area contributed by atoms with Gasteiger partial charge in [0, 0.05) is 7.11 Å². The molecule has 72 valence electrons. The first-order valence-corrected chi connectivity index (χ1v) is 3.60. The van der Waals surface area contributed by atoms with Crippen LogP contribution in [-0.2, 0) is 19.0 Å². The molecule has 0 amide bonds. The van der Waals surface area contributed by atoms with Crippen LogP contribution in [-0.4, -0.2) is 44.3 Å². The van der Waals surface area contributed by atoms with Crippen LogP contribution in [0.4, 0.5) is 0 Å². The monoisotopic (exact) mass is 178 g/mol. The van der Waals surface area contributed by atoms with Gasteiger partial charge in [-0.15, -0.1) is 0 Å². The molecule has 12 heavy (non-hydrogen) atoms. The molecule has 0 bridgehead atoms. The van der Waals surface area contributed by atoms with E-state index in [0.29, 0.717) is 6.61 Å². The first kappa shape index (κ1) is 11.4. The summed E-state index contributed by atoms with van der Waals surface area (Å²) in [5, 5.41) is 8.18. The molecule has 0 rings (SSSR count). The molecule has 0 aromatic heterocycles. The summed E-state index contributed by atoms with van der Waals surface area (Å²) < 4.78 is 14.5. The quantitative estimate of drug-likeness (QED) is 0.442. The molecule has 5 heteroatoms. The predicted molar refractivity (Wildman–Crippen MR) is 40.9 cm³/mol. The normalized spacial score (nSPS) is 12.8. The van der Waals surface area contributed by atoms with Crippen LogP contribution in [0.15, 0.2) is 0 Å². The molecule has 0 fully saturated rings. The average molecular weight is 178 g/mol. The van der Waals surface area contributed by atoms with Crippen molar-refractivity contribution in [2.75, 3.05) is 26.9 Å². The summed E-state index contributed by atoms with van der Waals surface area (Å²) in [4.78, 5) is 9.96. The second kappa shape index (κ2) is 7.02. The Morgan fingerprint density at radius 3 is 2.67 bits per heavy atom. The standard InChI is InChI=1S/C7H14O5/c1-6(10-2)12-4-3-11-5-7(8)9/h6H,3-5H2,1-2H3,(H,8,9). The molecule has 1 N–H and O–H groups in total. The summed E-state index contributed by atoms with van der Waals surface area (Å²) in [5.41, 5.74) is 0. The fraction of sp³-hybridized carbons (Fsp3) is 0.857. The lowest BCUT2D eigenvalue weighted by atomic mass is 10.7. The minimum absolute atomic E-state index is 0.264. The molecule has 1 unspecified atom stereocenters. The predicted octanol–water partition coefficient (Wildman–Crippen LogP) is 0.0966. The number of aliphatic carboxylic acids is 1. The zero-order valence-electron chi connectivity index (χ0n) is 7.28. The largest absolute Gasteiger partial charge is 0.480 e. The van der Waals surface area contributed by atoms with Crippen molar-refractivity contribution in [2.24, 2.45) is 0 Å². The zero-order valence-corrected chi connectivity index (χ0v) is 7.28. The molecule has 0 aliphatic rings. The number of carbonyl (C=O) groups is 1. The number of carboxylic acid groups (broad SMARTS) is 1. The Balaban J connectivity index is 3.05. The van der Waals surface area contributed by atoms with Gasteiger partial charge in [0.1, 0.15) is 6.61 Å². The van der Waals surface area contributed by atoms with Gasteiger partial charge in [0.05, 0.1) is 13.2 Å². The van der Waals surface area contributed by atoms with Crippen LogP contribution in [0.5, 0.6) is 0 Å². The Hall–Kier alpha value is -0.650. The lowest BCUT2D eigenvalue weighted by Gasteiger charge is -2.09. The lowest BCUT2D eigenvalue weighted by Crippen LogP contribution is -2.16. The van der Waals surface area contributed by atoms with Gasteiger partial charge in [-0.1, -0.05) is 0 Å². The Morgan fingerprint density at radius 2 is 2.17 bits per heavy atom. The molecule has 1 atom stereocenters. The van der Waals surface area contributed by atoms with E-state index in [1.54, 1.807) is 6.92 Å². The molecule has 0 aliphatic carbocycles. The molecule has 0 aromatic rings. The summed E-state index contributed by atoms with van der Waals surface area (Å²) >= 11 is 0. The van der Waals surface area contributed by atoms with Crippen LogP contribution in [0.2, 0.25) is 0 Å². The third kappa shape index (κ3) is 7.46. The van der Waals surface area contributed by atoms with Crippen molar-refractivity contribution in [1.82, 2.24) is 0 Å². The van der Waals surface area contributed by atoms with Crippen LogP contribution < -0.4 is 0 Å². The number of ether oxygens (including phenoxy) is 3. The van der Waals surface area contributed by atoms with Gasteiger partial charge in [-0.25, -0.2) is 4.79 Å². The van der Waals surface area contributed by atoms with E-state index in [-0.39, 0.29) is 19.5 Å². The molecule has 0 radical (unpaired) electrons. The first-order chi connectivity index (χ1) is 5.66. The van der Waals surface area contributed by atoms with E-state index in [4.69, 9.17) is 19.3 Å². The van der Waals surface area contributed by atoms with Crippen molar-refractivity contribution in [3.63, 3.8) is 0 Å². The van der Waals surface area contributed by atoms with E-state index in [1.807, 2.05) is 0 Å². The van der Waals surface area contributed by atoms with Crippen LogP contribution in [0.3, 0.4) is 0 Å². The lowest BCUT2D eigenvalue weighted by molar-refractivity contribution is -0.145. The first-order valence-electron chi connectivity index (χ1n) is 3.60. The van der Waals surface area contributed by atoms with Crippen LogP contribution in [0.25, 0.3) is 0 Å². The topological polar surface area (TPSA) is 65.0 Å². The maximum absolute atomic E-state index is 9.96. The number of hydrogen-bond acceptors (Lipinski definition) is 4. The van der Waals surface area contributed by atoms with E-state index in [2.05, 4.69) is 0 Å². The minimum Gasteiger partial charge on any atom is -0.480 e. The fourth-order valence-electron chi connectivity index (χ4n) is 0.501. The summed E-state index contributed by atoms with van der Waals surface area (Å²) in [6, 6.07) is 0. The highest BCUT2D eigenvalue weighted by Gasteiger charge is 1.99. The smallest absolute Gasteiger partial charge is 0.329 e. The summed E-state index contributed by atoms with van der Waals surface area (Å²) in [5.74, 6) is -0.977. The second-order valence-electron chi connectivity index (χ2n) is 2.12. The molecule has 0 aromatic carbocycles. The molecule has 0 saturated carbocycles. The summed E-state index contributed by atoms with van der Waals surface area (Å²) in [7, 11) is 1.53. The molecular weight excluding hydrogens is 164 g/mol. The SMILES string of the molecule is COC(C)OCCOCC(=O)O. The van der Waals surface area contributed by atoms with Crippen molar-refractivity contribution in [2.45, 2.75) is 13.2 Å². The number of rotatable bonds is 7. The highest BCUT2D eigenvalue weighted by Crippen LogP contribution is 1.89. The molecule has 0 heterocycles. The summed E-state index contributed by atoms with van der Waals surface area (Å²) in [6.07, 6.45) is -0.279. The Labute approximate surface area is 71.2 Å². The van der Waals surface area contributed by atoms with Gasteiger partial charge in [-0.2, -0.15) is 0 Å². The van der Waals surface area contributed by atoms with Gasteiger partial charge in [0.2, 0.25) is 0 Å². The van der Waals surface area contributed by atoms with Crippen molar-refractivity contribution < 1.29 is 24.1 Å². The van der Waals surface area contributed by atoms with Gasteiger partial charge < -0.3 is 19.3 Å². The van der Waals surface area contributed by atoms with Crippen LogP contribution in [0, 0.1) is 0 Å². The van der Waals surface area contributed by atoms with Crippen molar-refractivity contribution in [3.05, 3.63) is 0 Å². The maximum Gasteiger partial charge on any atom is 0.329 e. The van der Waals surface area contributed by atoms with Gasteiger partial charge in [0.25, 0.3) is 0 Å². The van der Waals surface area contributed by atoms with Crippen molar-refractivity contribution >= 4 is 5.97 Å². The molecular formula is C7H14O5. The second-order valence-corrected chi connectivity index (χ2v) is 2.12. The van der Waals surface area contributed by atoms with Crippen molar-refractivity contribution in [1.29, 1.82) is 0 Å². The van der Waals surface area contributed by atoms with E-state index in [9.17, 15) is 4.79 Å². The molecule has 5 nitrogen and oxygen atoms in total. The van der Waals surface area contributed by atoms with E-state index in [1.165, 1.54) is 7.11 Å². The molecule has 0 saturated heterocycles. The highest BCUT2D eigenvalue weighted by atomic mass is 16.7. The van der Waals surface area contributed by atoms with Gasteiger partial charge in [-0.05, 0) is 6.92 Å². The maximum atomic E-state index is 9.96. The van der Waals surface area contributed by atoms with Crippen molar-refractivity contribution in [3.8, 4) is 0 Å². The van der Waals surface area contributed by atoms with E-state index >= 15 is 0 Å². The number of hydrogen-bond donors (Lipinski definition) is 1. The minimum atomic E-state index is -0.977. The Bertz CT molecular complexity index is 125. The summed E-state index contributed by atoms with van der Waals surface area (Å²) in [6.45, 7) is 2.06. The van der Waals surface area contributed by atoms with Crippen LogP contribution >= 0.6 is 0 Å². The Morgan fingerprint density at radius 1 is 1.50 bits per heavy atom. The Kier molecular flexibility index (Phi) is 6.64. The highest BCUT2D eigenvalue weighted by molar-refractivity contribution is 5.67. The number of methoxy groups -OCH3 is 1. The average Bonchev–Trinajstić information content (AvgIpc) is 2.03. The molecule has 0 spiro atoms. The van der Waals surface area contributed by atoms with E-state index in [0.717, 1.165) is 0 Å². The molecule has 0 aliphatic heterocycles. The van der Waals surface area contributed by atoms with Gasteiger partial charge in [-0.3, -0.25) is 0 Å². The van der Waals surface area contributed by atoms with Gasteiger partial charge in [0.15, 0.2) is 6.29 Å².